The van der Waals surface area contributed by atoms with Crippen molar-refractivity contribution in [2.45, 2.75) is 24.5 Å². The molecule has 2 N–H and O–H groups in total. The monoisotopic (exact) mass is 214 g/mol. The van der Waals surface area contributed by atoms with Crippen molar-refractivity contribution in [1.29, 1.82) is 0 Å². The van der Waals surface area contributed by atoms with Gasteiger partial charge < -0.3 is 20.1 Å². The fourth-order valence-corrected chi connectivity index (χ4v) is 2.24. The van der Waals surface area contributed by atoms with E-state index in [4.69, 9.17) is 4.74 Å². The summed E-state index contributed by atoms with van der Waals surface area (Å²) in [5.41, 5.74) is -0.821. The molecule has 0 bridgehead atoms. The summed E-state index contributed by atoms with van der Waals surface area (Å²) in [7, 11) is 1.79. The number of hydrogen-bond acceptors (Lipinski definition) is 4. The first kappa shape index (κ1) is 10.9. The fraction of sp³-hybridized carbons (Fsp3) is 0.900. The number of amides is 1. The number of carbonyl (C=O) groups is 1. The molecule has 2 atom stereocenters. The normalized spacial score (nSPS) is 36.5. The molecule has 2 aliphatic rings. The van der Waals surface area contributed by atoms with Gasteiger partial charge >= 0.3 is 0 Å². The first-order chi connectivity index (χ1) is 7.14. The zero-order valence-corrected chi connectivity index (χ0v) is 9.03. The standard InChI is InChI=1S/C10H18N2O3/c1-11-8-2-4-12(9(8)13)6-10(14)3-5-15-7-10/h8,11,14H,2-7H2,1H3. The number of nitrogens with zero attached hydrogens (tertiary/aromatic N) is 1. The number of hydrogen-bond donors (Lipinski definition) is 2. The van der Waals surface area contributed by atoms with Crippen molar-refractivity contribution >= 4 is 5.91 Å². The molecule has 0 aromatic carbocycles. The SMILES string of the molecule is CNC1CCN(CC2(O)CCOC2)C1=O. The summed E-state index contributed by atoms with van der Waals surface area (Å²) in [5.74, 6) is 0.0952. The van der Waals surface area contributed by atoms with Crippen molar-refractivity contribution < 1.29 is 14.6 Å². The van der Waals surface area contributed by atoms with Gasteiger partial charge in [-0.25, -0.2) is 0 Å². The maximum Gasteiger partial charge on any atom is 0.239 e. The number of likely N-dealkylation sites (N-methyl/N-ethyl adjacent to an activating group) is 1. The summed E-state index contributed by atoms with van der Waals surface area (Å²) >= 11 is 0. The summed E-state index contributed by atoms with van der Waals surface area (Å²) in [5, 5.41) is 13.1. The van der Waals surface area contributed by atoms with Crippen LogP contribution in [0.4, 0.5) is 0 Å². The van der Waals surface area contributed by atoms with E-state index in [0.29, 0.717) is 26.2 Å². The van der Waals surface area contributed by atoms with Crippen LogP contribution >= 0.6 is 0 Å². The molecular weight excluding hydrogens is 196 g/mol. The predicted octanol–water partition coefficient (Wildman–Crippen LogP) is -1.04. The van der Waals surface area contributed by atoms with Crippen LogP contribution < -0.4 is 5.32 Å². The molecule has 5 heteroatoms. The third-order valence-electron chi connectivity index (χ3n) is 3.21. The maximum absolute atomic E-state index is 11.8. The molecule has 15 heavy (non-hydrogen) atoms. The number of aliphatic hydroxyl groups is 1. The summed E-state index contributed by atoms with van der Waals surface area (Å²) in [4.78, 5) is 13.5. The average molecular weight is 214 g/mol. The molecule has 5 nitrogen and oxygen atoms in total. The smallest absolute Gasteiger partial charge is 0.239 e. The Morgan fingerprint density at radius 1 is 1.73 bits per heavy atom. The summed E-state index contributed by atoms with van der Waals surface area (Å²) in [6, 6.07) is -0.0732. The Balaban J connectivity index is 1.93. The van der Waals surface area contributed by atoms with Crippen LogP contribution in [0.15, 0.2) is 0 Å². The number of rotatable bonds is 3. The van der Waals surface area contributed by atoms with Crippen molar-refractivity contribution in [2.24, 2.45) is 0 Å². The molecule has 0 saturated carbocycles. The lowest BCUT2D eigenvalue weighted by molar-refractivity contribution is -0.132. The topological polar surface area (TPSA) is 61.8 Å². The van der Waals surface area contributed by atoms with Gasteiger partial charge in [-0.15, -0.1) is 0 Å². The Morgan fingerprint density at radius 2 is 2.53 bits per heavy atom. The minimum Gasteiger partial charge on any atom is -0.386 e. The summed E-state index contributed by atoms with van der Waals surface area (Å²) < 4.78 is 5.16. The van der Waals surface area contributed by atoms with E-state index in [1.165, 1.54) is 0 Å². The maximum atomic E-state index is 11.8. The van der Waals surface area contributed by atoms with Crippen LogP contribution in [-0.2, 0) is 9.53 Å². The zero-order chi connectivity index (χ0) is 10.9. The van der Waals surface area contributed by atoms with Gasteiger partial charge in [-0.05, 0) is 13.5 Å². The number of nitrogens with one attached hydrogen (secondary N) is 1. The Morgan fingerprint density at radius 3 is 3.07 bits per heavy atom. The van der Waals surface area contributed by atoms with Crippen molar-refractivity contribution in [1.82, 2.24) is 10.2 Å². The molecule has 2 aliphatic heterocycles. The molecule has 2 saturated heterocycles. The predicted molar refractivity (Wildman–Crippen MR) is 54.4 cm³/mol. The zero-order valence-electron chi connectivity index (χ0n) is 9.03. The third-order valence-corrected chi connectivity index (χ3v) is 3.21. The van der Waals surface area contributed by atoms with Gasteiger partial charge in [0, 0.05) is 19.6 Å². The molecule has 0 radical (unpaired) electrons. The Labute approximate surface area is 89.4 Å². The Hall–Kier alpha value is -0.650. The van der Waals surface area contributed by atoms with E-state index in [9.17, 15) is 9.90 Å². The van der Waals surface area contributed by atoms with Crippen LogP contribution in [0.2, 0.25) is 0 Å². The van der Waals surface area contributed by atoms with E-state index in [1.54, 1.807) is 11.9 Å². The summed E-state index contributed by atoms with van der Waals surface area (Å²) in [6.45, 7) is 2.08. The second-order valence-electron chi connectivity index (χ2n) is 4.42. The highest BCUT2D eigenvalue weighted by Gasteiger charge is 2.39. The van der Waals surface area contributed by atoms with E-state index < -0.39 is 5.60 Å². The van der Waals surface area contributed by atoms with Crippen LogP contribution in [-0.4, -0.2) is 60.9 Å². The highest BCUT2D eigenvalue weighted by molar-refractivity contribution is 5.84. The second kappa shape index (κ2) is 4.08. The van der Waals surface area contributed by atoms with Gasteiger partial charge in [-0.1, -0.05) is 0 Å². The quantitative estimate of drug-likeness (QED) is 0.630. The first-order valence-electron chi connectivity index (χ1n) is 5.41. The van der Waals surface area contributed by atoms with Crippen LogP contribution in [0, 0.1) is 0 Å². The second-order valence-corrected chi connectivity index (χ2v) is 4.42. The van der Waals surface area contributed by atoms with Crippen molar-refractivity contribution in [2.75, 3.05) is 33.4 Å². The van der Waals surface area contributed by atoms with Crippen LogP contribution in [0.1, 0.15) is 12.8 Å². The number of ether oxygens (including phenoxy) is 1. The molecule has 1 amide bonds. The van der Waals surface area contributed by atoms with Crippen molar-refractivity contribution in [3.8, 4) is 0 Å². The minimum atomic E-state index is -0.821. The lowest BCUT2D eigenvalue weighted by Gasteiger charge is -2.27. The first-order valence-corrected chi connectivity index (χ1v) is 5.41. The van der Waals surface area contributed by atoms with E-state index in [1.807, 2.05) is 0 Å². The van der Waals surface area contributed by atoms with Crippen molar-refractivity contribution in [3.05, 3.63) is 0 Å². The highest BCUT2D eigenvalue weighted by Crippen LogP contribution is 2.22. The molecule has 0 aliphatic carbocycles. The molecule has 0 aromatic heterocycles. The molecule has 86 valence electrons. The van der Waals surface area contributed by atoms with Crippen LogP contribution in [0.3, 0.4) is 0 Å². The average Bonchev–Trinajstić information content (AvgIpc) is 2.76. The Bertz CT molecular complexity index is 251. The van der Waals surface area contributed by atoms with E-state index >= 15 is 0 Å². The van der Waals surface area contributed by atoms with Gasteiger partial charge in [0.1, 0.15) is 5.60 Å². The Kier molecular flexibility index (Phi) is 2.95. The van der Waals surface area contributed by atoms with Gasteiger partial charge in [0.15, 0.2) is 0 Å². The molecular formula is C10H18N2O3. The molecule has 2 fully saturated rings. The molecule has 2 unspecified atom stereocenters. The molecule has 2 heterocycles. The van der Waals surface area contributed by atoms with Crippen LogP contribution in [0.5, 0.6) is 0 Å². The lowest BCUT2D eigenvalue weighted by Crippen LogP contribution is -2.46. The largest absolute Gasteiger partial charge is 0.386 e. The number of β-amino-alcohol motifs (C(OH)–C–C–N with tert-alkyl or cyclic N) is 1. The lowest BCUT2D eigenvalue weighted by atomic mass is 10.0. The molecule has 2 rings (SSSR count). The number of likely N-dealkylation sites (tertiary alicyclic amines) is 1. The van der Waals surface area contributed by atoms with Gasteiger partial charge in [-0.2, -0.15) is 0 Å². The van der Waals surface area contributed by atoms with Gasteiger partial charge in [0.25, 0.3) is 0 Å². The van der Waals surface area contributed by atoms with Gasteiger partial charge in [0.05, 0.1) is 19.2 Å². The van der Waals surface area contributed by atoms with Gasteiger partial charge in [-0.3, -0.25) is 4.79 Å². The van der Waals surface area contributed by atoms with Crippen LogP contribution in [0.25, 0.3) is 0 Å². The van der Waals surface area contributed by atoms with E-state index in [-0.39, 0.29) is 11.9 Å². The molecule has 0 aromatic rings. The molecule has 0 spiro atoms. The fourth-order valence-electron chi connectivity index (χ4n) is 2.24. The van der Waals surface area contributed by atoms with Gasteiger partial charge in [0.2, 0.25) is 5.91 Å². The third kappa shape index (κ3) is 2.14. The minimum absolute atomic E-state index is 0.0732. The van der Waals surface area contributed by atoms with Crippen molar-refractivity contribution in [3.63, 3.8) is 0 Å². The number of carbonyl (C=O) groups excluding carboxylic acids is 1. The summed E-state index contributed by atoms with van der Waals surface area (Å²) in [6.07, 6.45) is 1.45. The van der Waals surface area contributed by atoms with E-state index in [2.05, 4.69) is 5.32 Å². The van der Waals surface area contributed by atoms with E-state index in [0.717, 1.165) is 13.0 Å². The highest BCUT2D eigenvalue weighted by atomic mass is 16.5.